The fourth-order valence-corrected chi connectivity index (χ4v) is 1.98. The van der Waals surface area contributed by atoms with Crippen molar-refractivity contribution in [1.29, 1.82) is 0 Å². The first-order valence-corrected chi connectivity index (χ1v) is 7.06. The SMILES string of the molecule is CCc1ccc(OCC(=O)c2ccc(CC)cc2)cc1. The van der Waals surface area contributed by atoms with E-state index in [1.807, 2.05) is 48.5 Å². The van der Waals surface area contributed by atoms with E-state index in [4.69, 9.17) is 4.74 Å². The molecule has 104 valence electrons. The summed E-state index contributed by atoms with van der Waals surface area (Å²) in [5.74, 6) is 0.743. The van der Waals surface area contributed by atoms with Crippen LogP contribution in [-0.4, -0.2) is 12.4 Å². The van der Waals surface area contributed by atoms with E-state index in [2.05, 4.69) is 13.8 Å². The molecule has 2 nitrogen and oxygen atoms in total. The molecular formula is C18H20O2. The minimum absolute atomic E-state index is 0.00669. The highest BCUT2D eigenvalue weighted by Gasteiger charge is 2.06. The number of ketones is 1. The molecule has 0 aliphatic rings. The lowest BCUT2D eigenvalue weighted by Gasteiger charge is -2.06. The van der Waals surface area contributed by atoms with Crippen LogP contribution < -0.4 is 4.74 Å². The van der Waals surface area contributed by atoms with Gasteiger partial charge < -0.3 is 4.74 Å². The zero-order chi connectivity index (χ0) is 14.4. The summed E-state index contributed by atoms with van der Waals surface area (Å²) in [5.41, 5.74) is 3.20. The van der Waals surface area contributed by atoms with Crippen molar-refractivity contribution in [2.24, 2.45) is 0 Å². The highest BCUT2D eigenvalue weighted by Crippen LogP contribution is 2.13. The maximum atomic E-state index is 12.0. The fraction of sp³-hybridized carbons (Fsp3) is 0.278. The smallest absolute Gasteiger partial charge is 0.200 e. The van der Waals surface area contributed by atoms with Gasteiger partial charge in [0.1, 0.15) is 5.75 Å². The molecule has 0 amide bonds. The highest BCUT2D eigenvalue weighted by molar-refractivity contribution is 5.97. The molecule has 0 atom stereocenters. The third-order valence-corrected chi connectivity index (χ3v) is 3.39. The van der Waals surface area contributed by atoms with E-state index >= 15 is 0 Å². The second kappa shape index (κ2) is 6.90. The summed E-state index contributed by atoms with van der Waals surface area (Å²) in [4.78, 5) is 12.0. The molecule has 20 heavy (non-hydrogen) atoms. The number of aryl methyl sites for hydroxylation is 2. The van der Waals surface area contributed by atoms with E-state index in [0.29, 0.717) is 5.56 Å². The molecule has 0 aliphatic heterocycles. The molecule has 2 aromatic rings. The largest absolute Gasteiger partial charge is 0.485 e. The summed E-state index contributed by atoms with van der Waals surface area (Å²) in [6.45, 7) is 4.29. The Morgan fingerprint density at radius 2 is 1.35 bits per heavy atom. The first-order valence-electron chi connectivity index (χ1n) is 7.06. The molecule has 0 saturated heterocycles. The van der Waals surface area contributed by atoms with Crippen molar-refractivity contribution in [2.45, 2.75) is 26.7 Å². The molecule has 0 spiro atoms. The van der Waals surface area contributed by atoms with Crippen LogP contribution in [-0.2, 0) is 12.8 Å². The van der Waals surface area contributed by atoms with Crippen LogP contribution in [0.1, 0.15) is 35.3 Å². The number of hydrogen-bond acceptors (Lipinski definition) is 2. The van der Waals surface area contributed by atoms with Crippen LogP contribution in [0.4, 0.5) is 0 Å². The summed E-state index contributed by atoms with van der Waals surface area (Å²) < 4.78 is 5.53. The van der Waals surface area contributed by atoms with E-state index in [1.54, 1.807) is 0 Å². The first kappa shape index (κ1) is 14.3. The van der Waals surface area contributed by atoms with Crippen molar-refractivity contribution >= 4 is 5.78 Å². The standard InChI is InChI=1S/C18H20O2/c1-3-14-5-9-16(10-6-14)18(19)13-20-17-11-7-15(4-2)8-12-17/h5-12H,3-4,13H2,1-2H3. The van der Waals surface area contributed by atoms with Gasteiger partial charge in [0.15, 0.2) is 12.4 Å². The Labute approximate surface area is 120 Å². The van der Waals surface area contributed by atoms with Gasteiger partial charge in [0.25, 0.3) is 0 Å². The van der Waals surface area contributed by atoms with Crippen LogP contribution in [0.25, 0.3) is 0 Å². The maximum Gasteiger partial charge on any atom is 0.200 e. The predicted molar refractivity (Wildman–Crippen MR) is 81.5 cm³/mol. The van der Waals surface area contributed by atoms with E-state index in [-0.39, 0.29) is 12.4 Å². The quantitative estimate of drug-likeness (QED) is 0.738. The van der Waals surface area contributed by atoms with E-state index in [0.717, 1.165) is 18.6 Å². The summed E-state index contributed by atoms with van der Waals surface area (Å²) in [6.07, 6.45) is 1.98. The predicted octanol–water partition coefficient (Wildman–Crippen LogP) is 4.07. The molecular weight excluding hydrogens is 248 g/mol. The van der Waals surface area contributed by atoms with Crippen molar-refractivity contribution in [2.75, 3.05) is 6.61 Å². The minimum Gasteiger partial charge on any atom is -0.485 e. The zero-order valence-corrected chi connectivity index (χ0v) is 12.1. The summed E-state index contributed by atoms with van der Waals surface area (Å²) in [6, 6.07) is 15.6. The molecule has 0 N–H and O–H groups in total. The second-order valence-electron chi connectivity index (χ2n) is 4.76. The van der Waals surface area contributed by atoms with E-state index < -0.39 is 0 Å². The van der Waals surface area contributed by atoms with Gasteiger partial charge in [-0.3, -0.25) is 4.79 Å². The Balaban J connectivity index is 1.93. The molecule has 0 heterocycles. The second-order valence-corrected chi connectivity index (χ2v) is 4.76. The highest BCUT2D eigenvalue weighted by atomic mass is 16.5. The Kier molecular flexibility index (Phi) is 4.94. The third-order valence-electron chi connectivity index (χ3n) is 3.39. The maximum absolute atomic E-state index is 12.0. The van der Waals surface area contributed by atoms with Crippen molar-refractivity contribution in [3.05, 3.63) is 65.2 Å². The normalized spacial score (nSPS) is 10.3. The Hall–Kier alpha value is -2.09. The van der Waals surface area contributed by atoms with Crippen LogP contribution >= 0.6 is 0 Å². The Bertz CT molecular complexity index is 553. The summed E-state index contributed by atoms with van der Waals surface area (Å²) >= 11 is 0. The molecule has 0 unspecified atom stereocenters. The molecule has 2 aromatic carbocycles. The lowest BCUT2D eigenvalue weighted by molar-refractivity contribution is 0.0921. The van der Waals surface area contributed by atoms with Crippen LogP contribution in [0.2, 0.25) is 0 Å². The van der Waals surface area contributed by atoms with E-state index in [9.17, 15) is 4.79 Å². The molecule has 2 rings (SSSR count). The molecule has 0 bridgehead atoms. The number of carbonyl (C=O) groups excluding carboxylic acids is 1. The van der Waals surface area contributed by atoms with Crippen LogP contribution in [0, 0.1) is 0 Å². The summed E-state index contributed by atoms with van der Waals surface area (Å²) in [5, 5.41) is 0. The number of rotatable bonds is 6. The van der Waals surface area contributed by atoms with Crippen LogP contribution in [0.5, 0.6) is 5.75 Å². The molecule has 0 aliphatic carbocycles. The Morgan fingerprint density at radius 3 is 1.85 bits per heavy atom. The van der Waals surface area contributed by atoms with Gasteiger partial charge in [-0.2, -0.15) is 0 Å². The number of benzene rings is 2. The fourth-order valence-electron chi connectivity index (χ4n) is 1.98. The number of hydrogen-bond donors (Lipinski definition) is 0. The van der Waals surface area contributed by atoms with Gasteiger partial charge in [0.2, 0.25) is 0 Å². The number of ether oxygens (including phenoxy) is 1. The number of Topliss-reactive ketones (excluding diaryl/α,β-unsaturated/α-hetero) is 1. The minimum atomic E-state index is 0.00669. The molecule has 0 fully saturated rings. The van der Waals surface area contributed by atoms with Crippen molar-refractivity contribution in [1.82, 2.24) is 0 Å². The lowest BCUT2D eigenvalue weighted by atomic mass is 10.1. The molecule has 2 heteroatoms. The molecule has 0 radical (unpaired) electrons. The molecule has 0 saturated carbocycles. The third kappa shape index (κ3) is 3.70. The lowest BCUT2D eigenvalue weighted by Crippen LogP contribution is -2.11. The van der Waals surface area contributed by atoms with Crippen molar-refractivity contribution in [3.8, 4) is 5.75 Å². The van der Waals surface area contributed by atoms with Gasteiger partial charge in [0, 0.05) is 5.56 Å². The molecule has 0 aromatic heterocycles. The van der Waals surface area contributed by atoms with Crippen LogP contribution in [0.15, 0.2) is 48.5 Å². The van der Waals surface area contributed by atoms with Crippen molar-refractivity contribution in [3.63, 3.8) is 0 Å². The average molecular weight is 268 g/mol. The van der Waals surface area contributed by atoms with Gasteiger partial charge in [-0.15, -0.1) is 0 Å². The van der Waals surface area contributed by atoms with Gasteiger partial charge in [0.05, 0.1) is 0 Å². The Morgan fingerprint density at radius 1 is 0.850 bits per heavy atom. The monoisotopic (exact) mass is 268 g/mol. The van der Waals surface area contributed by atoms with Gasteiger partial charge in [-0.25, -0.2) is 0 Å². The van der Waals surface area contributed by atoms with E-state index in [1.165, 1.54) is 11.1 Å². The van der Waals surface area contributed by atoms with Crippen molar-refractivity contribution < 1.29 is 9.53 Å². The average Bonchev–Trinajstić information content (AvgIpc) is 2.53. The van der Waals surface area contributed by atoms with Gasteiger partial charge in [-0.1, -0.05) is 50.2 Å². The zero-order valence-electron chi connectivity index (χ0n) is 12.1. The summed E-state index contributed by atoms with van der Waals surface area (Å²) in [7, 11) is 0. The van der Waals surface area contributed by atoms with Gasteiger partial charge >= 0.3 is 0 Å². The first-order chi connectivity index (χ1) is 9.72. The topological polar surface area (TPSA) is 26.3 Å². The van der Waals surface area contributed by atoms with Gasteiger partial charge in [-0.05, 0) is 36.1 Å². The number of carbonyl (C=O) groups is 1. The van der Waals surface area contributed by atoms with Crippen LogP contribution in [0.3, 0.4) is 0 Å².